The van der Waals surface area contributed by atoms with E-state index in [0.717, 1.165) is 0 Å². The molecule has 0 spiro atoms. The molecule has 124 valence electrons. The third-order valence-electron chi connectivity index (χ3n) is 4.16. The zero-order valence-electron chi connectivity index (χ0n) is 11.7. The maximum absolute atomic E-state index is 13.8. The van der Waals surface area contributed by atoms with Gasteiger partial charge in [0.1, 0.15) is 0 Å². The molecular weight excluding hydrogens is 327 g/mol. The molecule has 3 nitrogen and oxygen atoms in total. The maximum Gasteiger partial charge on any atom is 0.270 e. The number of hydrogen-bond donors (Lipinski definition) is 2. The molecular formula is C13H15F5O3Si. The van der Waals surface area contributed by atoms with Crippen molar-refractivity contribution >= 4 is 10.5 Å². The number of hydrogen-bond acceptors (Lipinski definition) is 3. The van der Waals surface area contributed by atoms with E-state index in [0.29, 0.717) is 12.8 Å². The van der Waals surface area contributed by atoms with Gasteiger partial charge in [-0.1, -0.05) is 6.42 Å². The van der Waals surface area contributed by atoms with E-state index in [1.54, 1.807) is 0 Å². The molecule has 9 heteroatoms. The van der Waals surface area contributed by atoms with E-state index in [-0.39, 0.29) is 23.3 Å². The van der Waals surface area contributed by atoms with Crippen molar-refractivity contribution in [2.24, 2.45) is 5.92 Å². The molecule has 22 heavy (non-hydrogen) atoms. The second-order valence-electron chi connectivity index (χ2n) is 5.41. The third kappa shape index (κ3) is 2.90. The van der Waals surface area contributed by atoms with E-state index >= 15 is 0 Å². The van der Waals surface area contributed by atoms with Gasteiger partial charge in [-0.15, -0.1) is 0 Å². The van der Waals surface area contributed by atoms with Gasteiger partial charge in [0.2, 0.25) is 5.82 Å². The standard InChI is InChI=1S/C13H15F5O3Si/c14-8-7(9(15)11(17)12(18)10(8)16)5-2-1-3-6(4-5)13(19,20)21-22/h5-6,19-20H,1-4H2,22H3. The van der Waals surface area contributed by atoms with Crippen molar-refractivity contribution in [3.05, 3.63) is 34.6 Å². The average molecular weight is 342 g/mol. The van der Waals surface area contributed by atoms with Gasteiger partial charge in [-0.05, 0) is 25.2 Å². The maximum atomic E-state index is 13.8. The van der Waals surface area contributed by atoms with E-state index in [1.807, 2.05) is 0 Å². The number of aliphatic hydroxyl groups is 2. The summed E-state index contributed by atoms with van der Waals surface area (Å²) in [6, 6.07) is 0. The average Bonchev–Trinajstić information content (AvgIpc) is 2.51. The molecule has 0 amide bonds. The molecule has 0 bridgehead atoms. The summed E-state index contributed by atoms with van der Waals surface area (Å²) in [6.45, 7) is 0. The lowest BCUT2D eigenvalue weighted by Gasteiger charge is -2.36. The number of rotatable bonds is 3. The Labute approximate surface area is 126 Å². The van der Waals surface area contributed by atoms with Gasteiger partial charge in [-0.25, -0.2) is 22.0 Å². The number of benzene rings is 1. The Kier molecular flexibility index (Phi) is 4.90. The Hall–Kier alpha value is -1.03. The molecule has 2 atom stereocenters. The van der Waals surface area contributed by atoms with Gasteiger partial charge in [0.15, 0.2) is 33.8 Å². The SMILES string of the molecule is OC(O)(O[SiH3])C1CCCC(c2c(F)c(F)c(F)c(F)c2F)C1. The smallest absolute Gasteiger partial charge is 0.270 e. The molecule has 0 saturated heterocycles. The zero-order chi connectivity index (χ0) is 16.7. The minimum absolute atomic E-state index is 0.0193. The van der Waals surface area contributed by atoms with Gasteiger partial charge in [-0.3, -0.25) is 0 Å². The Morgan fingerprint density at radius 3 is 1.91 bits per heavy atom. The summed E-state index contributed by atoms with van der Waals surface area (Å²) in [4.78, 5) is 0. The summed E-state index contributed by atoms with van der Waals surface area (Å²) in [5.74, 6) is -14.2. The van der Waals surface area contributed by atoms with E-state index in [2.05, 4.69) is 4.43 Å². The fourth-order valence-electron chi connectivity index (χ4n) is 2.94. The summed E-state index contributed by atoms with van der Waals surface area (Å²) in [7, 11) is 0.0193. The molecule has 2 unspecified atom stereocenters. The van der Waals surface area contributed by atoms with Crippen LogP contribution < -0.4 is 0 Å². The summed E-state index contributed by atoms with van der Waals surface area (Å²) >= 11 is 0. The first kappa shape index (κ1) is 17.3. The third-order valence-corrected chi connectivity index (χ3v) is 4.76. The molecule has 1 saturated carbocycles. The first-order valence-electron chi connectivity index (χ1n) is 6.71. The van der Waals surface area contributed by atoms with Crippen LogP contribution in [0.2, 0.25) is 0 Å². The van der Waals surface area contributed by atoms with Crippen molar-refractivity contribution in [2.45, 2.75) is 37.6 Å². The highest BCUT2D eigenvalue weighted by molar-refractivity contribution is 5.98. The fraction of sp³-hybridized carbons (Fsp3) is 0.538. The van der Waals surface area contributed by atoms with Gasteiger partial charge in [0.05, 0.1) is 0 Å². The van der Waals surface area contributed by atoms with Crippen molar-refractivity contribution in [3.63, 3.8) is 0 Å². The van der Waals surface area contributed by atoms with E-state index in [9.17, 15) is 32.2 Å². The fourth-order valence-corrected chi connectivity index (χ4v) is 3.27. The molecule has 1 aliphatic rings. The molecule has 0 aliphatic heterocycles. The molecule has 1 aliphatic carbocycles. The van der Waals surface area contributed by atoms with Crippen LogP contribution in [0.15, 0.2) is 0 Å². The quantitative estimate of drug-likeness (QED) is 0.288. The summed E-state index contributed by atoms with van der Waals surface area (Å²) in [6.07, 6.45) is 0.712. The summed E-state index contributed by atoms with van der Waals surface area (Å²) in [5, 5.41) is 19.4. The van der Waals surface area contributed by atoms with Gasteiger partial charge in [0, 0.05) is 11.5 Å². The van der Waals surface area contributed by atoms with Crippen LogP contribution in [-0.4, -0.2) is 26.7 Å². The molecule has 0 aromatic heterocycles. The van der Waals surface area contributed by atoms with Crippen LogP contribution in [0.1, 0.15) is 37.2 Å². The highest BCUT2D eigenvalue weighted by atomic mass is 28.2. The molecule has 1 fully saturated rings. The van der Waals surface area contributed by atoms with Crippen LogP contribution in [0.5, 0.6) is 0 Å². The first-order valence-corrected chi connectivity index (χ1v) is 7.53. The van der Waals surface area contributed by atoms with Crippen LogP contribution in [0.25, 0.3) is 0 Å². The van der Waals surface area contributed by atoms with Crippen molar-refractivity contribution in [2.75, 3.05) is 0 Å². The van der Waals surface area contributed by atoms with Gasteiger partial charge in [-0.2, -0.15) is 0 Å². The highest BCUT2D eigenvalue weighted by Gasteiger charge is 2.41. The highest BCUT2D eigenvalue weighted by Crippen LogP contribution is 2.42. The van der Waals surface area contributed by atoms with Crippen LogP contribution >= 0.6 is 0 Å². The van der Waals surface area contributed by atoms with E-state index < -0.39 is 52.5 Å². The Morgan fingerprint density at radius 2 is 1.41 bits per heavy atom. The van der Waals surface area contributed by atoms with E-state index in [4.69, 9.17) is 0 Å². The molecule has 1 aromatic carbocycles. The summed E-state index contributed by atoms with van der Waals surface area (Å²) in [5.41, 5.74) is -0.898. The van der Waals surface area contributed by atoms with Crippen molar-refractivity contribution < 1.29 is 36.6 Å². The lowest BCUT2D eigenvalue weighted by molar-refractivity contribution is -0.327. The van der Waals surface area contributed by atoms with Crippen molar-refractivity contribution in [3.8, 4) is 0 Å². The lowest BCUT2D eigenvalue weighted by atomic mass is 9.76. The predicted octanol–water partition coefficient (Wildman–Crippen LogP) is 1.59. The Balaban J connectivity index is 2.40. The molecule has 2 rings (SSSR count). The van der Waals surface area contributed by atoms with Crippen molar-refractivity contribution in [1.29, 1.82) is 0 Å². The number of halogens is 5. The predicted molar refractivity (Wildman–Crippen MR) is 69.1 cm³/mol. The van der Waals surface area contributed by atoms with Gasteiger partial charge < -0.3 is 14.6 Å². The first-order chi connectivity index (χ1) is 10.2. The second-order valence-corrected chi connectivity index (χ2v) is 5.82. The van der Waals surface area contributed by atoms with Crippen LogP contribution in [0, 0.1) is 35.0 Å². The Morgan fingerprint density at radius 1 is 0.909 bits per heavy atom. The van der Waals surface area contributed by atoms with Crippen molar-refractivity contribution in [1.82, 2.24) is 0 Å². The van der Waals surface area contributed by atoms with Gasteiger partial charge in [0.25, 0.3) is 5.97 Å². The lowest BCUT2D eigenvalue weighted by Crippen LogP contribution is -2.42. The topological polar surface area (TPSA) is 49.7 Å². The molecule has 1 aromatic rings. The minimum atomic E-state index is -2.45. The molecule has 0 heterocycles. The van der Waals surface area contributed by atoms with Crippen LogP contribution in [-0.2, 0) is 4.43 Å². The largest absolute Gasteiger partial charge is 0.380 e. The van der Waals surface area contributed by atoms with Gasteiger partial charge >= 0.3 is 0 Å². The Bertz CT molecular complexity index is 552. The van der Waals surface area contributed by atoms with Crippen LogP contribution in [0.4, 0.5) is 22.0 Å². The molecule has 2 N–H and O–H groups in total. The minimum Gasteiger partial charge on any atom is -0.380 e. The normalized spacial score (nSPS) is 23.0. The second kappa shape index (κ2) is 6.23. The molecule has 0 radical (unpaired) electrons. The van der Waals surface area contributed by atoms with Crippen LogP contribution in [0.3, 0.4) is 0 Å². The monoisotopic (exact) mass is 342 g/mol. The summed E-state index contributed by atoms with van der Waals surface area (Å²) < 4.78 is 71.9. The van der Waals surface area contributed by atoms with E-state index in [1.165, 1.54) is 0 Å². The zero-order valence-corrected chi connectivity index (χ0v) is 13.7.